The van der Waals surface area contributed by atoms with Gasteiger partial charge in [-0.2, -0.15) is 0 Å². The summed E-state index contributed by atoms with van der Waals surface area (Å²) in [5, 5.41) is 9.39. The van der Waals surface area contributed by atoms with Crippen LogP contribution in [0.5, 0.6) is 0 Å². The van der Waals surface area contributed by atoms with Crippen LogP contribution >= 0.6 is 22.6 Å². The van der Waals surface area contributed by atoms with E-state index in [9.17, 15) is 9.90 Å². The lowest BCUT2D eigenvalue weighted by Gasteiger charge is -2.18. The van der Waals surface area contributed by atoms with Crippen molar-refractivity contribution in [3.8, 4) is 0 Å². The number of nitrogen functional groups attached to an aromatic ring is 1. The number of hydrogen-bond acceptors (Lipinski definition) is 3. The van der Waals surface area contributed by atoms with E-state index in [-0.39, 0.29) is 12.3 Å². The van der Waals surface area contributed by atoms with Crippen molar-refractivity contribution in [2.24, 2.45) is 0 Å². The van der Waals surface area contributed by atoms with E-state index in [4.69, 9.17) is 5.73 Å². The van der Waals surface area contributed by atoms with Gasteiger partial charge in [0, 0.05) is 3.57 Å². The van der Waals surface area contributed by atoms with Gasteiger partial charge in [0.05, 0.1) is 30.4 Å². The molecule has 1 saturated heterocycles. The lowest BCUT2D eigenvalue weighted by atomic mass is 10.2. The largest absolute Gasteiger partial charge is 0.397 e. The molecule has 5 heteroatoms. The molecule has 1 aromatic carbocycles. The number of nitrogens with two attached hydrogens (primary N) is 1. The van der Waals surface area contributed by atoms with Crippen molar-refractivity contribution in [3.63, 3.8) is 0 Å². The van der Waals surface area contributed by atoms with Crippen molar-refractivity contribution < 1.29 is 9.90 Å². The molecule has 1 unspecified atom stereocenters. The third kappa shape index (κ3) is 2.07. The average molecular weight is 318 g/mol. The molecule has 1 aliphatic heterocycles. The fourth-order valence-corrected chi connectivity index (χ4v) is 2.15. The minimum Gasteiger partial charge on any atom is -0.397 e. The fourth-order valence-electron chi connectivity index (χ4n) is 1.67. The van der Waals surface area contributed by atoms with Crippen molar-refractivity contribution in [2.75, 3.05) is 17.2 Å². The number of rotatable bonds is 1. The van der Waals surface area contributed by atoms with Crippen LogP contribution in [0.4, 0.5) is 11.4 Å². The van der Waals surface area contributed by atoms with Gasteiger partial charge in [-0.15, -0.1) is 0 Å². The van der Waals surface area contributed by atoms with Gasteiger partial charge in [0.15, 0.2) is 0 Å². The Morgan fingerprint density at radius 3 is 2.87 bits per heavy atom. The predicted molar refractivity (Wildman–Crippen MR) is 66.5 cm³/mol. The molecular formula is C10H11IN2O2. The zero-order valence-corrected chi connectivity index (χ0v) is 10.1. The second-order valence-electron chi connectivity index (χ2n) is 3.57. The quantitative estimate of drug-likeness (QED) is 0.599. The molecule has 1 aromatic rings. The first-order chi connectivity index (χ1) is 7.08. The number of hydrogen-bond donors (Lipinski definition) is 2. The van der Waals surface area contributed by atoms with Crippen LogP contribution in [0, 0.1) is 3.57 Å². The van der Waals surface area contributed by atoms with Gasteiger partial charge in [0.25, 0.3) is 0 Å². The van der Waals surface area contributed by atoms with E-state index in [1.807, 2.05) is 12.1 Å². The van der Waals surface area contributed by atoms with Crippen LogP contribution in [-0.4, -0.2) is 23.7 Å². The SMILES string of the molecule is Nc1ccc(I)cc1N1CC(O)CC1=O. The Labute approximate surface area is 101 Å². The molecule has 2 rings (SSSR count). The van der Waals surface area contributed by atoms with Crippen LogP contribution in [0.1, 0.15) is 6.42 Å². The van der Waals surface area contributed by atoms with Crippen molar-refractivity contribution in [2.45, 2.75) is 12.5 Å². The number of aliphatic hydroxyl groups is 1. The lowest BCUT2D eigenvalue weighted by molar-refractivity contribution is -0.117. The van der Waals surface area contributed by atoms with Crippen molar-refractivity contribution >= 4 is 39.9 Å². The van der Waals surface area contributed by atoms with Crippen LogP contribution in [0.2, 0.25) is 0 Å². The first-order valence-electron chi connectivity index (χ1n) is 4.61. The van der Waals surface area contributed by atoms with Crippen LogP contribution in [0.15, 0.2) is 18.2 Å². The highest BCUT2D eigenvalue weighted by Gasteiger charge is 2.30. The summed E-state index contributed by atoms with van der Waals surface area (Å²) in [5.74, 6) is -0.0730. The average Bonchev–Trinajstić information content (AvgIpc) is 2.50. The maximum Gasteiger partial charge on any atom is 0.229 e. The van der Waals surface area contributed by atoms with Gasteiger partial charge in [-0.3, -0.25) is 4.79 Å². The van der Waals surface area contributed by atoms with E-state index >= 15 is 0 Å². The zero-order valence-electron chi connectivity index (χ0n) is 7.98. The van der Waals surface area contributed by atoms with E-state index in [0.29, 0.717) is 17.9 Å². The molecule has 0 bridgehead atoms. The molecule has 0 saturated carbocycles. The monoisotopic (exact) mass is 318 g/mol. The fraction of sp³-hybridized carbons (Fsp3) is 0.300. The number of β-amino-alcohol motifs (C(OH)–C–C–N with tert-alkyl or cyclic N) is 1. The van der Waals surface area contributed by atoms with Gasteiger partial charge < -0.3 is 15.7 Å². The topological polar surface area (TPSA) is 66.6 Å². The molecule has 0 radical (unpaired) electrons. The minimum absolute atomic E-state index is 0.0730. The van der Waals surface area contributed by atoms with Gasteiger partial charge in [0.2, 0.25) is 5.91 Å². The summed E-state index contributed by atoms with van der Waals surface area (Å²) in [7, 11) is 0. The smallest absolute Gasteiger partial charge is 0.229 e. The molecule has 1 amide bonds. The second-order valence-corrected chi connectivity index (χ2v) is 4.81. The maximum atomic E-state index is 11.6. The highest BCUT2D eigenvalue weighted by atomic mass is 127. The Morgan fingerprint density at radius 1 is 1.53 bits per heavy atom. The van der Waals surface area contributed by atoms with E-state index in [1.165, 1.54) is 0 Å². The van der Waals surface area contributed by atoms with Crippen molar-refractivity contribution in [3.05, 3.63) is 21.8 Å². The van der Waals surface area contributed by atoms with E-state index < -0.39 is 6.10 Å². The number of carbonyl (C=O) groups is 1. The third-order valence-electron chi connectivity index (χ3n) is 2.39. The van der Waals surface area contributed by atoms with E-state index in [2.05, 4.69) is 22.6 Å². The van der Waals surface area contributed by atoms with Gasteiger partial charge >= 0.3 is 0 Å². The summed E-state index contributed by atoms with van der Waals surface area (Å²) in [6.45, 7) is 0.336. The summed E-state index contributed by atoms with van der Waals surface area (Å²) < 4.78 is 1.02. The summed E-state index contributed by atoms with van der Waals surface area (Å²) in [5.41, 5.74) is 7.06. The highest BCUT2D eigenvalue weighted by Crippen LogP contribution is 2.29. The van der Waals surface area contributed by atoms with Crippen LogP contribution < -0.4 is 10.6 Å². The number of aliphatic hydroxyl groups excluding tert-OH is 1. The Bertz CT molecular complexity index is 408. The Morgan fingerprint density at radius 2 is 2.27 bits per heavy atom. The maximum absolute atomic E-state index is 11.6. The predicted octanol–water partition coefficient (Wildman–Crippen LogP) is 0.971. The molecule has 4 nitrogen and oxygen atoms in total. The van der Waals surface area contributed by atoms with Gasteiger partial charge in [0.1, 0.15) is 0 Å². The third-order valence-corrected chi connectivity index (χ3v) is 3.06. The minimum atomic E-state index is -0.574. The molecule has 3 N–H and O–H groups in total. The number of halogens is 1. The molecule has 15 heavy (non-hydrogen) atoms. The van der Waals surface area contributed by atoms with Crippen LogP contribution in [-0.2, 0) is 4.79 Å². The normalized spacial score (nSPS) is 21.1. The van der Waals surface area contributed by atoms with Gasteiger partial charge in [-0.1, -0.05) is 0 Å². The molecule has 80 valence electrons. The molecule has 1 heterocycles. The summed E-state index contributed by atoms with van der Waals surface area (Å²) in [4.78, 5) is 13.1. The molecule has 0 aromatic heterocycles. The van der Waals surface area contributed by atoms with Crippen molar-refractivity contribution in [1.82, 2.24) is 0 Å². The standard InChI is InChI=1S/C10H11IN2O2/c11-6-1-2-8(12)9(3-6)13-5-7(14)4-10(13)15/h1-3,7,14H,4-5,12H2. The highest BCUT2D eigenvalue weighted by molar-refractivity contribution is 14.1. The molecule has 1 fully saturated rings. The zero-order chi connectivity index (χ0) is 11.0. The number of amides is 1. The Kier molecular flexibility index (Phi) is 2.83. The summed E-state index contributed by atoms with van der Waals surface area (Å²) in [6.07, 6.45) is -0.389. The lowest BCUT2D eigenvalue weighted by Crippen LogP contribution is -2.26. The van der Waals surface area contributed by atoms with Crippen LogP contribution in [0.25, 0.3) is 0 Å². The van der Waals surface area contributed by atoms with Gasteiger partial charge in [-0.25, -0.2) is 0 Å². The van der Waals surface area contributed by atoms with E-state index in [0.717, 1.165) is 3.57 Å². The molecule has 0 aliphatic carbocycles. The first kappa shape index (κ1) is 10.7. The Hall–Kier alpha value is -0.820. The first-order valence-corrected chi connectivity index (χ1v) is 5.69. The number of carbonyl (C=O) groups excluding carboxylic acids is 1. The van der Waals surface area contributed by atoms with E-state index in [1.54, 1.807) is 11.0 Å². The van der Waals surface area contributed by atoms with Crippen molar-refractivity contribution in [1.29, 1.82) is 0 Å². The van der Waals surface area contributed by atoms with Crippen LogP contribution in [0.3, 0.4) is 0 Å². The summed E-state index contributed by atoms with van der Waals surface area (Å²) >= 11 is 2.16. The number of anilines is 2. The Balaban J connectivity index is 2.37. The second kappa shape index (κ2) is 3.97. The molecular weight excluding hydrogens is 307 g/mol. The molecule has 0 spiro atoms. The molecule has 1 aliphatic rings. The molecule has 1 atom stereocenters. The van der Waals surface area contributed by atoms with Gasteiger partial charge in [-0.05, 0) is 40.8 Å². The summed E-state index contributed by atoms with van der Waals surface area (Å²) in [6, 6.07) is 5.51. The number of nitrogens with zero attached hydrogens (tertiary/aromatic N) is 1. The number of benzene rings is 1.